The molecule has 0 aliphatic rings. The van der Waals surface area contributed by atoms with Crippen molar-refractivity contribution in [2.75, 3.05) is 0 Å². The fourth-order valence-corrected chi connectivity index (χ4v) is 2.95. The smallest absolute Gasteiger partial charge is 0.242 e. The molecule has 0 aliphatic carbocycles. The summed E-state index contributed by atoms with van der Waals surface area (Å²) < 4.78 is 39.6. The zero-order chi connectivity index (χ0) is 13.7. The molecule has 0 atom stereocenters. The monoisotopic (exact) mass is 401 g/mol. The number of halogens is 6. The number of hydrogen-bond acceptors (Lipinski definition) is 1. The fraction of sp³-hybridized carbons (Fsp3) is 0.182. The van der Waals surface area contributed by atoms with Crippen molar-refractivity contribution in [1.29, 1.82) is 0 Å². The minimum Gasteiger partial charge on any atom is -0.242 e. The van der Waals surface area contributed by atoms with Gasteiger partial charge in [-0.25, -0.2) is 4.98 Å². The molecule has 2 aromatic rings. The highest BCUT2D eigenvalue weighted by molar-refractivity contribution is 9.11. The normalized spacial score (nSPS) is 12.2. The van der Waals surface area contributed by atoms with Crippen molar-refractivity contribution in [1.82, 2.24) is 4.98 Å². The van der Waals surface area contributed by atoms with E-state index in [9.17, 15) is 13.2 Å². The van der Waals surface area contributed by atoms with Gasteiger partial charge in [-0.05, 0) is 40.5 Å². The number of fused-ring (bicyclic) bond motifs is 1. The second-order valence-electron chi connectivity index (χ2n) is 3.65. The molecular weight excluding hydrogens is 398 g/mol. The van der Waals surface area contributed by atoms with Crippen LogP contribution in [0.5, 0.6) is 0 Å². The van der Waals surface area contributed by atoms with Gasteiger partial charge in [-0.2, -0.15) is 13.2 Å². The molecule has 18 heavy (non-hydrogen) atoms. The molecule has 0 aliphatic heterocycles. The van der Waals surface area contributed by atoms with Crippen molar-refractivity contribution in [3.05, 3.63) is 37.4 Å². The Kier molecular flexibility index (Phi) is 3.64. The van der Waals surface area contributed by atoms with Crippen LogP contribution in [0.2, 0.25) is 5.02 Å². The maximum absolute atomic E-state index is 12.8. The van der Waals surface area contributed by atoms with Gasteiger partial charge >= 0.3 is 6.18 Å². The molecule has 2 rings (SSSR count). The lowest BCUT2D eigenvalue weighted by atomic mass is 10.1. The first-order valence-electron chi connectivity index (χ1n) is 4.74. The van der Waals surface area contributed by atoms with Gasteiger partial charge in [0.05, 0.1) is 10.5 Å². The van der Waals surface area contributed by atoms with Gasteiger partial charge in [0.2, 0.25) is 0 Å². The fourth-order valence-electron chi connectivity index (χ4n) is 1.62. The van der Waals surface area contributed by atoms with Crippen molar-refractivity contribution in [3.63, 3.8) is 0 Å². The first-order valence-corrected chi connectivity index (χ1v) is 6.71. The minimum absolute atomic E-state index is 0.0560. The van der Waals surface area contributed by atoms with E-state index in [1.807, 2.05) is 0 Å². The Bertz CT molecular complexity index is 640. The van der Waals surface area contributed by atoms with E-state index in [0.29, 0.717) is 14.3 Å². The van der Waals surface area contributed by atoms with E-state index in [-0.39, 0.29) is 16.1 Å². The Hall–Kier alpha value is -0.330. The third-order valence-corrected chi connectivity index (χ3v) is 4.25. The summed E-state index contributed by atoms with van der Waals surface area (Å²) in [7, 11) is 0. The Morgan fingerprint density at radius 3 is 2.28 bits per heavy atom. The van der Waals surface area contributed by atoms with Gasteiger partial charge in [0, 0.05) is 14.3 Å². The molecule has 0 spiro atoms. The quantitative estimate of drug-likeness (QED) is 0.547. The van der Waals surface area contributed by atoms with Crippen LogP contribution in [0.4, 0.5) is 13.2 Å². The van der Waals surface area contributed by atoms with Crippen LogP contribution in [0.1, 0.15) is 11.3 Å². The number of aromatic nitrogens is 1. The summed E-state index contributed by atoms with van der Waals surface area (Å²) in [6.45, 7) is 1.31. The van der Waals surface area contributed by atoms with Crippen molar-refractivity contribution in [3.8, 4) is 0 Å². The molecule has 7 heteroatoms. The first kappa shape index (κ1) is 14.1. The summed E-state index contributed by atoms with van der Waals surface area (Å²) in [5.41, 5.74) is -0.846. The molecule has 1 aromatic heterocycles. The molecule has 0 bridgehead atoms. The van der Waals surface area contributed by atoms with Gasteiger partial charge in [-0.1, -0.05) is 27.5 Å². The minimum atomic E-state index is -4.52. The molecule has 1 aromatic carbocycles. The average Bonchev–Trinajstić information content (AvgIpc) is 2.26. The third kappa shape index (κ3) is 2.26. The number of alkyl halides is 3. The van der Waals surface area contributed by atoms with E-state index in [2.05, 4.69) is 36.8 Å². The molecule has 0 fully saturated rings. The van der Waals surface area contributed by atoms with Crippen LogP contribution in [-0.2, 0) is 6.18 Å². The maximum atomic E-state index is 12.8. The van der Waals surface area contributed by atoms with Crippen molar-refractivity contribution in [2.24, 2.45) is 0 Å². The van der Waals surface area contributed by atoms with Crippen molar-refractivity contribution < 1.29 is 13.2 Å². The van der Waals surface area contributed by atoms with Gasteiger partial charge in [-0.3, -0.25) is 0 Å². The molecular formula is C11H5Br2ClF3N. The standard InChI is InChI=1S/C11H5Br2ClF3N/c1-4-8(14)7-5(12)2-3-6(13)9(7)18-10(4)11(15,16)17/h2-3H,1H3. The molecule has 1 heterocycles. The molecule has 0 saturated carbocycles. The van der Waals surface area contributed by atoms with Crippen LogP contribution in [0, 0.1) is 6.92 Å². The average molecular weight is 403 g/mol. The predicted molar refractivity (Wildman–Crippen MR) is 71.9 cm³/mol. The number of hydrogen-bond donors (Lipinski definition) is 0. The van der Waals surface area contributed by atoms with E-state index < -0.39 is 11.9 Å². The van der Waals surface area contributed by atoms with E-state index in [0.717, 1.165) is 0 Å². The van der Waals surface area contributed by atoms with Crippen LogP contribution in [0.3, 0.4) is 0 Å². The van der Waals surface area contributed by atoms with Gasteiger partial charge in [0.25, 0.3) is 0 Å². The lowest BCUT2D eigenvalue weighted by Gasteiger charge is -2.14. The van der Waals surface area contributed by atoms with Gasteiger partial charge < -0.3 is 0 Å². The molecule has 96 valence electrons. The largest absolute Gasteiger partial charge is 0.433 e. The molecule has 0 radical (unpaired) electrons. The van der Waals surface area contributed by atoms with Gasteiger partial charge in [0.15, 0.2) is 0 Å². The van der Waals surface area contributed by atoms with Crippen molar-refractivity contribution in [2.45, 2.75) is 13.1 Å². The van der Waals surface area contributed by atoms with Crippen LogP contribution in [0.25, 0.3) is 10.9 Å². The Morgan fingerprint density at radius 1 is 1.17 bits per heavy atom. The molecule has 0 N–H and O–H groups in total. The van der Waals surface area contributed by atoms with E-state index in [1.54, 1.807) is 12.1 Å². The molecule has 0 unspecified atom stereocenters. The number of rotatable bonds is 0. The summed E-state index contributed by atoms with van der Waals surface area (Å²) in [6, 6.07) is 3.32. The van der Waals surface area contributed by atoms with E-state index >= 15 is 0 Å². The molecule has 0 amide bonds. The summed E-state index contributed by atoms with van der Waals surface area (Å²) in [4.78, 5) is 3.68. The topological polar surface area (TPSA) is 12.9 Å². The number of pyridine rings is 1. The van der Waals surface area contributed by atoms with Crippen LogP contribution >= 0.6 is 43.5 Å². The lowest BCUT2D eigenvalue weighted by Crippen LogP contribution is -2.11. The second-order valence-corrected chi connectivity index (χ2v) is 5.74. The highest BCUT2D eigenvalue weighted by Crippen LogP contribution is 2.40. The van der Waals surface area contributed by atoms with E-state index in [4.69, 9.17) is 11.6 Å². The lowest BCUT2D eigenvalue weighted by molar-refractivity contribution is -0.141. The Balaban J connectivity index is 2.97. The van der Waals surface area contributed by atoms with E-state index in [1.165, 1.54) is 6.92 Å². The summed E-state index contributed by atoms with van der Waals surface area (Å²) >= 11 is 12.5. The zero-order valence-corrected chi connectivity index (χ0v) is 12.8. The Morgan fingerprint density at radius 2 is 1.72 bits per heavy atom. The summed E-state index contributed by atoms with van der Waals surface area (Å²) in [5, 5.41) is 0.525. The zero-order valence-electron chi connectivity index (χ0n) is 8.87. The van der Waals surface area contributed by atoms with Crippen molar-refractivity contribution >= 4 is 54.4 Å². The van der Waals surface area contributed by atoms with Crippen LogP contribution in [0.15, 0.2) is 21.1 Å². The SMILES string of the molecule is Cc1c(C(F)(F)F)nc2c(Br)ccc(Br)c2c1Cl. The highest BCUT2D eigenvalue weighted by Gasteiger charge is 2.36. The van der Waals surface area contributed by atoms with Gasteiger partial charge in [0.1, 0.15) is 5.69 Å². The van der Waals surface area contributed by atoms with Crippen LogP contribution < -0.4 is 0 Å². The number of benzene rings is 1. The summed E-state index contributed by atoms with van der Waals surface area (Å²) in [6.07, 6.45) is -4.52. The maximum Gasteiger partial charge on any atom is 0.433 e. The van der Waals surface area contributed by atoms with Gasteiger partial charge in [-0.15, -0.1) is 0 Å². The predicted octanol–water partition coefficient (Wildman–Crippen LogP) is 5.74. The second kappa shape index (κ2) is 4.65. The summed E-state index contributed by atoms with van der Waals surface area (Å²) in [5.74, 6) is 0. The third-order valence-electron chi connectivity index (χ3n) is 2.47. The number of nitrogens with zero attached hydrogens (tertiary/aromatic N) is 1. The van der Waals surface area contributed by atoms with Crippen LogP contribution in [-0.4, -0.2) is 4.98 Å². The first-order chi connectivity index (χ1) is 8.23. The molecule has 1 nitrogen and oxygen atoms in total. The molecule has 0 saturated heterocycles. The Labute approximate surface area is 123 Å². The highest BCUT2D eigenvalue weighted by atomic mass is 79.9.